The molecule has 2 aromatic rings. The van der Waals surface area contributed by atoms with Crippen LogP contribution >= 0.6 is 0 Å². The first-order chi connectivity index (χ1) is 12.6. The van der Waals surface area contributed by atoms with Crippen molar-refractivity contribution in [3.8, 4) is 22.9 Å². The zero-order valence-corrected chi connectivity index (χ0v) is 15.5. The van der Waals surface area contributed by atoms with Crippen molar-refractivity contribution in [3.05, 3.63) is 24.1 Å². The molecule has 26 heavy (non-hydrogen) atoms. The van der Waals surface area contributed by atoms with Gasteiger partial charge < -0.3 is 18.9 Å². The molecule has 0 aliphatic carbocycles. The maximum Gasteiger partial charge on any atom is 0.227 e. The third-order valence-corrected chi connectivity index (χ3v) is 4.80. The number of aryl methyl sites for hydroxylation is 1. The number of amides is 1. The van der Waals surface area contributed by atoms with Crippen molar-refractivity contribution in [1.29, 1.82) is 0 Å². The first kappa shape index (κ1) is 18.2. The van der Waals surface area contributed by atoms with Crippen molar-refractivity contribution in [2.24, 2.45) is 5.92 Å². The van der Waals surface area contributed by atoms with Crippen LogP contribution in [0, 0.1) is 5.92 Å². The lowest BCUT2D eigenvalue weighted by atomic mass is 9.99. The van der Waals surface area contributed by atoms with Crippen molar-refractivity contribution in [3.63, 3.8) is 0 Å². The molecule has 1 aliphatic rings. The highest BCUT2D eigenvalue weighted by molar-refractivity contribution is 5.76. The van der Waals surface area contributed by atoms with Crippen LogP contribution in [0.2, 0.25) is 0 Å². The van der Waals surface area contributed by atoms with Crippen LogP contribution in [0.25, 0.3) is 11.4 Å². The zero-order chi connectivity index (χ0) is 18.5. The summed E-state index contributed by atoms with van der Waals surface area (Å²) < 4.78 is 15.8. The van der Waals surface area contributed by atoms with Crippen LogP contribution in [0.5, 0.6) is 11.5 Å². The van der Waals surface area contributed by atoms with Gasteiger partial charge in [-0.25, -0.2) is 0 Å². The van der Waals surface area contributed by atoms with Crippen LogP contribution in [0.1, 0.15) is 32.1 Å². The maximum atomic E-state index is 12.3. The number of aromatic nitrogens is 2. The average molecular weight is 359 g/mol. The minimum absolute atomic E-state index is 0.155. The molecule has 1 aromatic heterocycles. The molecular weight excluding hydrogens is 334 g/mol. The molecule has 7 heteroatoms. The van der Waals surface area contributed by atoms with E-state index in [0.717, 1.165) is 31.5 Å². The zero-order valence-electron chi connectivity index (χ0n) is 15.5. The van der Waals surface area contributed by atoms with Gasteiger partial charge in [-0.2, -0.15) is 4.98 Å². The third-order valence-electron chi connectivity index (χ3n) is 4.80. The lowest BCUT2D eigenvalue weighted by Crippen LogP contribution is -2.38. The van der Waals surface area contributed by atoms with Gasteiger partial charge in [0.1, 0.15) is 0 Å². The smallest absolute Gasteiger partial charge is 0.227 e. The Kier molecular flexibility index (Phi) is 5.75. The topological polar surface area (TPSA) is 77.7 Å². The highest BCUT2D eigenvalue weighted by atomic mass is 16.5. The summed E-state index contributed by atoms with van der Waals surface area (Å²) in [4.78, 5) is 18.6. The number of methoxy groups -OCH3 is 2. The van der Waals surface area contributed by atoms with Gasteiger partial charge in [0.25, 0.3) is 0 Å². The number of piperidine rings is 1. The van der Waals surface area contributed by atoms with Crippen LogP contribution in [-0.2, 0) is 11.2 Å². The number of rotatable bonds is 6. The van der Waals surface area contributed by atoms with E-state index in [1.807, 2.05) is 11.0 Å². The minimum Gasteiger partial charge on any atom is -0.493 e. The Morgan fingerprint density at radius 2 is 1.96 bits per heavy atom. The van der Waals surface area contributed by atoms with E-state index in [9.17, 15) is 4.79 Å². The van der Waals surface area contributed by atoms with E-state index in [2.05, 4.69) is 17.1 Å². The van der Waals surface area contributed by atoms with Gasteiger partial charge in [-0.3, -0.25) is 4.79 Å². The number of hydrogen-bond acceptors (Lipinski definition) is 6. The summed E-state index contributed by atoms with van der Waals surface area (Å²) in [5.74, 6) is 3.04. The van der Waals surface area contributed by atoms with E-state index < -0.39 is 0 Å². The lowest BCUT2D eigenvalue weighted by Gasteiger charge is -2.30. The molecule has 2 heterocycles. The molecule has 0 spiro atoms. The SMILES string of the molecule is COc1ccc(-c2noc(CCC(=O)N3CCC(C)CC3)n2)cc1OC. The van der Waals surface area contributed by atoms with Crippen molar-refractivity contribution < 1.29 is 18.8 Å². The van der Waals surface area contributed by atoms with E-state index in [4.69, 9.17) is 14.0 Å². The van der Waals surface area contributed by atoms with Gasteiger partial charge in [-0.15, -0.1) is 0 Å². The Morgan fingerprint density at radius 3 is 2.65 bits per heavy atom. The Labute approximate surface area is 153 Å². The number of hydrogen-bond donors (Lipinski definition) is 0. The fraction of sp³-hybridized carbons (Fsp3) is 0.526. The number of ether oxygens (including phenoxy) is 2. The largest absolute Gasteiger partial charge is 0.493 e. The predicted molar refractivity (Wildman–Crippen MR) is 96.1 cm³/mol. The normalized spacial score (nSPS) is 15.1. The molecule has 1 aliphatic heterocycles. The quantitative estimate of drug-likeness (QED) is 0.789. The molecule has 0 N–H and O–H groups in total. The molecular formula is C19H25N3O4. The van der Waals surface area contributed by atoms with E-state index in [1.54, 1.807) is 26.4 Å². The van der Waals surface area contributed by atoms with Crippen LogP contribution in [-0.4, -0.2) is 48.3 Å². The predicted octanol–water partition coefficient (Wildman–Crippen LogP) is 2.94. The van der Waals surface area contributed by atoms with Crippen LogP contribution in [0.15, 0.2) is 22.7 Å². The van der Waals surface area contributed by atoms with Crippen molar-refractivity contribution in [1.82, 2.24) is 15.0 Å². The number of nitrogens with zero attached hydrogens (tertiary/aromatic N) is 3. The van der Waals surface area contributed by atoms with Crippen LogP contribution in [0.4, 0.5) is 0 Å². The molecule has 0 atom stereocenters. The average Bonchev–Trinajstić information content (AvgIpc) is 3.15. The summed E-state index contributed by atoms with van der Waals surface area (Å²) in [5, 5.41) is 4.01. The molecule has 1 aromatic carbocycles. The minimum atomic E-state index is 0.155. The van der Waals surface area contributed by atoms with E-state index in [1.165, 1.54) is 0 Å². The molecule has 140 valence electrons. The third kappa shape index (κ3) is 4.15. The monoisotopic (exact) mass is 359 g/mol. The molecule has 0 saturated carbocycles. The van der Waals surface area contributed by atoms with Gasteiger partial charge in [-0.05, 0) is 37.0 Å². The Balaban J connectivity index is 1.60. The van der Waals surface area contributed by atoms with Crippen LogP contribution < -0.4 is 9.47 Å². The molecule has 0 bridgehead atoms. The Morgan fingerprint density at radius 1 is 1.23 bits per heavy atom. The molecule has 0 radical (unpaired) electrons. The number of carbonyl (C=O) groups excluding carboxylic acids is 1. The highest BCUT2D eigenvalue weighted by Gasteiger charge is 2.21. The molecule has 1 fully saturated rings. The van der Waals surface area contributed by atoms with Gasteiger partial charge >= 0.3 is 0 Å². The standard InChI is InChI=1S/C19H25N3O4/c1-13-8-10-22(11-9-13)18(23)7-6-17-20-19(21-26-17)14-4-5-15(24-2)16(12-14)25-3/h4-5,12-13H,6-11H2,1-3H3. The summed E-state index contributed by atoms with van der Waals surface area (Å²) in [5.41, 5.74) is 0.772. The van der Waals surface area contributed by atoms with Gasteiger partial charge in [-0.1, -0.05) is 12.1 Å². The van der Waals surface area contributed by atoms with Gasteiger partial charge in [0, 0.05) is 31.5 Å². The molecule has 1 saturated heterocycles. The summed E-state index contributed by atoms with van der Waals surface area (Å²) in [6, 6.07) is 5.44. The number of benzene rings is 1. The number of carbonyl (C=O) groups is 1. The van der Waals surface area contributed by atoms with Gasteiger partial charge in [0.05, 0.1) is 14.2 Å². The lowest BCUT2D eigenvalue weighted by molar-refractivity contribution is -0.132. The van der Waals surface area contributed by atoms with Crippen LogP contribution in [0.3, 0.4) is 0 Å². The van der Waals surface area contributed by atoms with E-state index >= 15 is 0 Å². The molecule has 3 rings (SSSR count). The second kappa shape index (κ2) is 8.21. The Bertz CT molecular complexity index is 751. The summed E-state index contributed by atoms with van der Waals surface area (Å²) >= 11 is 0. The van der Waals surface area contributed by atoms with Crippen molar-refractivity contribution >= 4 is 5.91 Å². The molecule has 7 nitrogen and oxygen atoms in total. The van der Waals surface area contributed by atoms with Gasteiger partial charge in [0.15, 0.2) is 11.5 Å². The van der Waals surface area contributed by atoms with Crippen molar-refractivity contribution in [2.75, 3.05) is 27.3 Å². The van der Waals surface area contributed by atoms with E-state index in [0.29, 0.717) is 42.0 Å². The molecule has 0 unspecified atom stereocenters. The number of likely N-dealkylation sites (tertiary alicyclic amines) is 1. The first-order valence-corrected chi connectivity index (χ1v) is 8.93. The summed E-state index contributed by atoms with van der Waals surface area (Å²) in [6.07, 6.45) is 3.00. The first-order valence-electron chi connectivity index (χ1n) is 8.93. The summed E-state index contributed by atoms with van der Waals surface area (Å²) in [6.45, 7) is 3.93. The molecule has 1 amide bonds. The maximum absolute atomic E-state index is 12.3. The fourth-order valence-electron chi connectivity index (χ4n) is 3.08. The fourth-order valence-corrected chi connectivity index (χ4v) is 3.08. The van der Waals surface area contributed by atoms with E-state index in [-0.39, 0.29) is 5.91 Å². The van der Waals surface area contributed by atoms with Crippen molar-refractivity contribution in [2.45, 2.75) is 32.6 Å². The summed E-state index contributed by atoms with van der Waals surface area (Å²) in [7, 11) is 3.17. The highest BCUT2D eigenvalue weighted by Crippen LogP contribution is 2.31. The Hall–Kier alpha value is -2.57. The second-order valence-electron chi connectivity index (χ2n) is 6.64. The van der Waals surface area contributed by atoms with Gasteiger partial charge in [0.2, 0.25) is 17.6 Å². The second-order valence-corrected chi connectivity index (χ2v) is 6.64.